The van der Waals surface area contributed by atoms with E-state index < -0.39 is 4.92 Å². The predicted molar refractivity (Wildman–Crippen MR) is 86.5 cm³/mol. The molecule has 1 unspecified atom stereocenters. The number of hydrogen-bond acceptors (Lipinski definition) is 4. The maximum Gasteiger partial charge on any atom is 0.279 e. The van der Waals surface area contributed by atoms with Crippen molar-refractivity contribution in [2.45, 2.75) is 6.54 Å². The lowest BCUT2D eigenvalue weighted by atomic mass is 10.2. The Morgan fingerprint density at radius 1 is 1.45 bits per heavy atom. The predicted octanol–water partition coefficient (Wildman–Crippen LogP) is 1.96. The summed E-state index contributed by atoms with van der Waals surface area (Å²) in [5.74, 6) is -0.191. The average Bonchev–Trinajstić information content (AvgIpc) is 2.93. The molecule has 1 atom stereocenters. The quantitative estimate of drug-likeness (QED) is 0.623. The van der Waals surface area contributed by atoms with Gasteiger partial charge in [0.25, 0.3) is 11.6 Å². The van der Waals surface area contributed by atoms with Crippen LogP contribution in [0.5, 0.6) is 0 Å². The highest BCUT2D eigenvalue weighted by Gasteiger charge is 2.14. The maximum absolute atomic E-state index is 12.0. The standard InChI is InChI=1S/C14H14ClN3O3S/c1-17(7-10-4-5-22-9-10)8-14(19)16-13-3-2-11(18(20)21)6-12(13)15/h2-6,9H,7-8H2,1H3,(H,16,19)/p+1. The zero-order valence-corrected chi connectivity index (χ0v) is 13.4. The van der Waals surface area contributed by atoms with Crippen molar-refractivity contribution >= 4 is 40.2 Å². The fraction of sp³-hybridized carbons (Fsp3) is 0.214. The average molecular weight is 341 g/mol. The molecule has 0 saturated carbocycles. The summed E-state index contributed by atoms with van der Waals surface area (Å²) in [6, 6.07) is 5.99. The molecular weight excluding hydrogens is 326 g/mol. The van der Waals surface area contributed by atoms with Gasteiger partial charge in [-0.1, -0.05) is 11.6 Å². The summed E-state index contributed by atoms with van der Waals surface area (Å²) in [5, 5.41) is 17.5. The van der Waals surface area contributed by atoms with Gasteiger partial charge >= 0.3 is 0 Å². The van der Waals surface area contributed by atoms with Gasteiger partial charge < -0.3 is 10.2 Å². The number of benzene rings is 1. The van der Waals surface area contributed by atoms with Crippen LogP contribution in [0.15, 0.2) is 35.0 Å². The Hall–Kier alpha value is -1.96. The number of hydrogen-bond donors (Lipinski definition) is 2. The minimum atomic E-state index is -0.531. The summed E-state index contributed by atoms with van der Waals surface area (Å²) in [5.41, 5.74) is 1.45. The monoisotopic (exact) mass is 340 g/mol. The third-order valence-electron chi connectivity index (χ3n) is 2.99. The van der Waals surface area contributed by atoms with Crippen LogP contribution in [0, 0.1) is 10.1 Å². The zero-order valence-electron chi connectivity index (χ0n) is 11.8. The largest absolute Gasteiger partial charge is 0.326 e. The van der Waals surface area contributed by atoms with Crippen LogP contribution in [0.1, 0.15) is 5.56 Å². The second kappa shape index (κ2) is 7.35. The molecule has 1 heterocycles. The number of anilines is 1. The third-order valence-corrected chi connectivity index (χ3v) is 4.03. The lowest BCUT2D eigenvalue weighted by Gasteiger charge is -2.13. The molecule has 22 heavy (non-hydrogen) atoms. The first-order valence-electron chi connectivity index (χ1n) is 6.52. The number of amides is 1. The molecular formula is C14H15ClN3O3S+. The first-order valence-corrected chi connectivity index (χ1v) is 7.84. The van der Waals surface area contributed by atoms with Crippen molar-refractivity contribution < 1.29 is 14.6 Å². The van der Waals surface area contributed by atoms with Crippen LogP contribution in [0.2, 0.25) is 5.02 Å². The van der Waals surface area contributed by atoms with Gasteiger partial charge in [-0.3, -0.25) is 14.9 Å². The maximum atomic E-state index is 12.0. The third kappa shape index (κ3) is 4.52. The highest BCUT2D eigenvalue weighted by molar-refractivity contribution is 7.07. The second-order valence-corrected chi connectivity index (χ2v) is 6.10. The lowest BCUT2D eigenvalue weighted by molar-refractivity contribution is -0.885. The highest BCUT2D eigenvalue weighted by Crippen LogP contribution is 2.26. The number of thiophene rings is 1. The van der Waals surface area contributed by atoms with Crippen LogP contribution in [0.3, 0.4) is 0 Å². The first kappa shape index (κ1) is 16.4. The lowest BCUT2D eigenvalue weighted by Crippen LogP contribution is -3.08. The van der Waals surface area contributed by atoms with Crippen molar-refractivity contribution in [1.82, 2.24) is 0 Å². The van der Waals surface area contributed by atoms with Gasteiger partial charge in [0.15, 0.2) is 6.54 Å². The van der Waals surface area contributed by atoms with Crippen molar-refractivity contribution in [2.75, 3.05) is 18.9 Å². The van der Waals surface area contributed by atoms with E-state index in [1.165, 1.54) is 23.8 Å². The minimum Gasteiger partial charge on any atom is -0.326 e. The molecule has 0 fully saturated rings. The Morgan fingerprint density at radius 3 is 2.82 bits per heavy atom. The van der Waals surface area contributed by atoms with Crippen LogP contribution in [0.4, 0.5) is 11.4 Å². The van der Waals surface area contributed by atoms with Crippen molar-refractivity contribution in [1.29, 1.82) is 0 Å². The Labute approximate surface area is 136 Å². The molecule has 1 aromatic heterocycles. The summed E-state index contributed by atoms with van der Waals surface area (Å²) < 4.78 is 0. The summed E-state index contributed by atoms with van der Waals surface area (Å²) in [7, 11) is 1.93. The van der Waals surface area contributed by atoms with Crippen molar-refractivity contribution in [3.63, 3.8) is 0 Å². The number of nitrogens with zero attached hydrogens (tertiary/aromatic N) is 1. The normalized spacial score (nSPS) is 11.9. The van der Waals surface area contributed by atoms with Gasteiger partial charge in [-0.2, -0.15) is 11.3 Å². The van der Waals surface area contributed by atoms with Crippen molar-refractivity contribution in [2.24, 2.45) is 0 Å². The van der Waals surface area contributed by atoms with Crippen LogP contribution in [-0.2, 0) is 11.3 Å². The van der Waals surface area contributed by atoms with E-state index in [-0.39, 0.29) is 23.2 Å². The van der Waals surface area contributed by atoms with Gasteiger partial charge in [0.2, 0.25) is 0 Å². The molecule has 8 heteroatoms. The van der Waals surface area contributed by atoms with Gasteiger partial charge in [-0.15, -0.1) is 0 Å². The fourth-order valence-electron chi connectivity index (χ4n) is 1.99. The molecule has 0 aliphatic rings. The Bertz CT molecular complexity index is 676. The Balaban J connectivity index is 1.93. The van der Waals surface area contributed by atoms with Gasteiger partial charge in [0, 0.05) is 17.7 Å². The van der Waals surface area contributed by atoms with Crippen LogP contribution in [-0.4, -0.2) is 24.4 Å². The number of halogens is 1. The Morgan fingerprint density at radius 2 is 2.23 bits per heavy atom. The molecule has 2 N–H and O–H groups in total. The number of nitro benzene ring substituents is 1. The molecule has 0 spiro atoms. The van der Waals surface area contributed by atoms with E-state index in [0.29, 0.717) is 5.69 Å². The van der Waals surface area contributed by atoms with E-state index in [9.17, 15) is 14.9 Å². The number of carbonyl (C=O) groups excluding carboxylic acids is 1. The van der Waals surface area contributed by atoms with Crippen LogP contribution >= 0.6 is 22.9 Å². The molecule has 2 rings (SSSR count). The van der Waals surface area contributed by atoms with Crippen LogP contribution in [0.25, 0.3) is 0 Å². The van der Waals surface area contributed by atoms with Gasteiger partial charge in [-0.25, -0.2) is 0 Å². The molecule has 1 amide bonds. The summed E-state index contributed by atoms with van der Waals surface area (Å²) in [6.45, 7) is 1.04. The van der Waals surface area contributed by atoms with Gasteiger partial charge in [0.05, 0.1) is 22.7 Å². The van der Waals surface area contributed by atoms with E-state index in [4.69, 9.17) is 11.6 Å². The zero-order chi connectivity index (χ0) is 16.1. The molecule has 0 bridgehead atoms. The van der Waals surface area contributed by atoms with Crippen molar-refractivity contribution in [3.8, 4) is 0 Å². The molecule has 0 saturated heterocycles. The van der Waals surface area contributed by atoms with Gasteiger partial charge in [0.1, 0.15) is 6.54 Å². The summed E-state index contributed by atoms with van der Waals surface area (Å²) in [6.07, 6.45) is 0. The molecule has 0 aliphatic carbocycles. The smallest absolute Gasteiger partial charge is 0.279 e. The summed E-state index contributed by atoms with van der Waals surface area (Å²) in [4.78, 5) is 23.1. The van der Waals surface area contributed by atoms with E-state index in [0.717, 1.165) is 11.4 Å². The topological polar surface area (TPSA) is 76.7 Å². The fourth-order valence-corrected chi connectivity index (χ4v) is 2.88. The SMILES string of the molecule is C[NH+](CC(=O)Nc1ccc([N+](=O)[O-])cc1Cl)Cc1ccsc1. The number of likely N-dealkylation sites (N-methyl/N-ethyl adjacent to an activating group) is 1. The number of carbonyl (C=O) groups is 1. The van der Waals surface area contributed by atoms with Crippen LogP contribution < -0.4 is 10.2 Å². The molecule has 6 nitrogen and oxygen atoms in total. The van der Waals surface area contributed by atoms with Crippen molar-refractivity contribution in [3.05, 3.63) is 55.7 Å². The van der Waals surface area contributed by atoms with E-state index in [1.807, 2.05) is 18.5 Å². The van der Waals surface area contributed by atoms with E-state index in [1.54, 1.807) is 11.3 Å². The second-order valence-electron chi connectivity index (χ2n) is 4.91. The number of nitro groups is 1. The summed E-state index contributed by atoms with van der Waals surface area (Å²) >= 11 is 7.57. The molecule has 116 valence electrons. The number of quaternary nitrogens is 1. The number of rotatable bonds is 6. The van der Waals surface area contributed by atoms with E-state index in [2.05, 4.69) is 10.7 Å². The highest BCUT2D eigenvalue weighted by atomic mass is 35.5. The van der Waals surface area contributed by atoms with Gasteiger partial charge in [-0.05, 0) is 22.9 Å². The molecule has 0 aliphatic heterocycles. The molecule has 2 aromatic rings. The molecule has 0 radical (unpaired) electrons. The minimum absolute atomic E-state index is 0.108. The molecule has 1 aromatic carbocycles. The first-order chi connectivity index (χ1) is 10.5. The van der Waals surface area contributed by atoms with E-state index >= 15 is 0 Å². The number of non-ortho nitro benzene ring substituents is 1. The Kier molecular flexibility index (Phi) is 5.48. The number of nitrogens with one attached hydrogen (secondary N) is 2.